The molecule has 5 heteroatoms. The second-order valence-corrected chi connectivity index (χ2v) is 10.0. The monoisotopic (exact) mass is 458 g/mol. The molecule has 2 aliphatic rings. The molecule has 0 aromatic heterocycles. The lowest BCUT2D eigenvalue weighted by molar-refractivity contribution is -0.161. The quantitative estimate of drug-likeness (QED) is 0.637. The maximum Gasteiger partial charge on any atom is 0.253 e. The topological polar surface area (TPSA) is 58.6 Å². The summed E-state index contributed by atoms with van der Waals surface area (Å²) in [6.45, 7) is 9.16. The fourth-order valence-electron chi connectivity index (χ4n) is 4.76. The molecule has 0 radical (unpaired) electrons. The van der Waals surface area contributed by atoms with E-state index >= 15 is 0 Å². The number of ether oxygens (including phenoxy) is 1. The minimum Gasteiger partial charge on any atom is -0.355 e. The third-order valence-corrected chi connectivity index (χ3v) is 6.56. The molecule has 0 bridgehead atoms. The van der Waals surface area contributed by atoms with Crippen molar-refractivity contribution < 1.29 is 14.3 Å². The maximum absolute atomic E-state index is 13.6. The van der Waals surface area contributed by atoms with E-state index < -0.39 is 5.72 Å². The highest BCUT2D eigenvalue weighted by Crippen LogP contribution is 2.48. The van der Waals surface area contributed by atoms with E-state index in [2.05, 4.69) is 56.4 Å². The van der Waals surface area contributed by atoms with Gasteiger partial charge in [-0.1, -0.05) is 87.5 Å². The standard InChI is InChI=1S/C29H34N2O3/c1-21(32)30-18-19-31-27(33)25-12-8-9-13-26(25)29(31,24-10-6-5-7-11-24)34-20-22-14-16-23(17-15-22)28(2,3)4/h5-7,9-11,13-17H,8,12,18-20H2,1-4H3,(H,30,32). The highest BCUT2D eigenvalue weighted by atomic mass is 16.5. The number of nitrogens with zero attached hydrogens (tertiary/aromatic N) is 1. The zero-order valence-corrected chi connectivity index (χ0v) is 20.6. The number of rotatable bonds is 7. The molecule has 4 rings (SSSR count). The average Bonchev–Trinajstić information content (AvgIpc) is 3.06. The van der Waals surface area contributed by atoms with E-state index in [-0.39, 0.29) is 17.2 Å². The predicted octanol–water partition coefficient (Wildman–Crippen LogP) is 4.98. The summed E-state index contributed by atoms with van der Waals surface area (Å²) in [7, 11) is 0. The Morgan fingerprint density at radius 3 is 2.44 bits per heavy atom. The van der Waals surface area contributed by atoms with Gasteiger partial charge in [-0.15, -0.1) is 0 Å². The van der Waals surface area contributed by atoms with Crippen molar-refractivity contribution in [2.24, 2.45) is 0 Å². The lowest BCUT2D eigenvalue weighted by atomic mass is 9.86. The van der Waals surface area contributed by atoms with Gasteiger partial charge >= 0.3 is 0 Å². The smallest absolute Gasteiger partial charge is 0.253 e. The number of carbonyl (C=O) groups is 2. The molecule has 1 atom stereocenters. The number of hydrogen-bond acceptors (Lipinski definition) is 3. The molecular formula is C29H34N2O3. The van der Waals surface area contributed by atoms with Crippen molar-refractivity contribution in [3.8, 4) is 0 Å². The zero-order valence-electron chi connectivity index (χ0n) is 20.6. The molecule has 1 unspecified atom stereocenters. The molecule has 2 amide bonds. The van der Waals surface area contributed by atoms with Crippen LogP contribution < -0.4 is 5.32 Å². The van der Waals surface area contributed by atoms with Crippen molar-refractivity contribution in [1.29, 1.82) is 0 Å². The molecule has 5 nitrogen and oxygen atoms in total. The molecule has 0 spiro atoms. The van der Waals surface area contributed by atoms with Crippen LogP contribution in [0.1, 0.15) is 57.2 Å². The predicted molar refractivity (Wildman–Crippen MR) is 134 cm³/mol. The molecule has 1 N–H and O–H groups in total. The van der Waals surface area contributed by atoms with E-state index in [1.807, 2.05) is 36.4 Å². The largest absolute Gasteiger partial charge is 0.355 e. The Hall–Kier alpha value is -3.18. The Morgan fingerprint density at radius 1 is 1.09 bits per heavy atom. The molecule has 2 aromatic carbocycles. The van der Waals surface area contributed by atoms with Crippen LogP contribution in [0.15, 0.2) is 77.9 Å². The first-order valence-electron chi connectivity index (χ1n) is 12.0. The van der Waals surface area contributed by atoms with Crippen LogP contribution in [0.3, 0.4) is 0 Å². The lowest BCUT2D eigenvalue weighted by Crippen LogP contribution is -2.50. The van der Waals surface area contributed by atoms with Gasteiger partial charge < -0.3 is 15.0 Å². The van der Waals surface area contributed by atoms with Crippen molar-refractivity contribution in [1.82, 2.24) is 10.2 Å². The van der Waals surface area contributed by atoms with E-state index in [1.165, 1.54) is 12.5 Å². The Balaban J connectivity index is 1.73. The maximum atomic E-state index is 13.6. The van der Waals surface area contributed by atoms with Gasteiger partial charge in [0, 0.05) is 36.7 Å². The van der Waals surface area contributed by atoms with Crippen LogP contribution in [-0.4, -0.2) is 29.8 Å². The number of carbonyl (C=O) groups excluding carboxylic acids is 2. The summed E-state index contributed by atoms with van der Waals surface area (Å²) in [6, 6.07) is 18.4. The molecule has 1 aliphatic heterocycles. The Kier molecular flexibility index (Phi) is 6.76. The molecular weight excluding hydrogens is 424 g/mol. The van der Waals surface area contributed by atoms with Crippen LogP contribution in [-0.2, 0) is 32.1 Å². The van der Waals surface area contributed by atoms with Gasteiger partial charge in [-0.3, -0.25) is 9.59 Å². The second-order valence-electron chi connectivity index (χ2n) is 10.0. The number of benzene rings is 2. The molecule has 1 heterocycles. The molecule has 1 aliphatic carbocycles. The van der Waals surface area contributed by atoms with Crippen molar-refractivity contribution in [3.63, 3.8) is 0 Å². The minimum atomic E-state index is -1.04. The van der Waals surface area contributed by atoms with Crippen LogP contribution in [0.4, 0.5) is 0 Å². The fourth-order valence-corrected chi connectivity index (χ4v) is 4.76. The summed E-state index contributed by atoms with van der Waals surface area (Å²) in [5, 5.41) is 2.83. The summed E-state index contributed by atoms with van der Waals surface area (Å²) in [4.78, 5) is 26.9. The van der Waals surface area contributed by atoms with Gasteiger partial charge in [0.1, 0.15) is 0 Å². The SMILES string of the molecule is CC(=O)NCCN1C(=O)C2=C(C=CCC2)C1(OCc1ccc(C(C)(C)C)cc1)c1ccccc1. The van der Waals surface area contributed by atoms with Crippen molar-refractivity contribution in [2.45, 2.75) is 58.3 Å². The highest BCUT2D eigenvalue weighted by molar-refractivity contribution is 5.99. The molecule has 178 valence electrons. The van der Waals surface area contributed by atoms with E-state index in [4.69, 9.17) is 4.74 Å². The highest BCUT2D eigenvalue weighted by Gasteiger charge is 2.53. The Labute approximate surface area is 202 Å². The van der Waals surface area contributed by atoms with Gasteiger partial charge in [0.05, 0.1) is 6.61 Å². The van der Waals surface area contributed by atoms with E-state index in [0.717, 1.165) is 28.7 Å². The molecule has 34 heavy (non-hydrogen) atoms. The number of nitrogens with one attached hydrogen (secondary N) is 1. The summed E-state index contributed by atoms with van der Waals surface area (Å²) >= 11 is 0. The van der Waals surface area contributed by atoms with Crippen LogP contribution >= 0.6 is 0 Å². The van der Waals surface area contributed by atoms with Gasteiger partial charge in [0.15, 0.2) is 5.72 Å². The van der Waals surface area contributed by atoms with Crippen LogP contribution in [0.25, 0.3) is 0 Å². The summed E-state index contributed by atoms with van der Waals surface area (Å²) in [5.74, 6) is -0.133. The molecule has 0 saturated carbocycles. The number of amides is 2. The summed E-state index contributed by atoms with van der Waals surface area (Å²) in [6.07, 6.45) is 5.69. The first kappa shape index (κ1) is 24.0. The first-order valence-corrected chi connectivity index (χ1v) is 12.0. The van der Waals surface area contributed by atoms with E-state index in [1.54, 1.807) is 4.90 Å². The van der Waals surface area contributed by atoms with Crippen molar-refractivity contribution in [3.05, 3.63) is 94.6 Å². The zero-order chi connectivity index (χ0) is 24.3. The van der Waals surface area contributed by atoms with Crippen LogP contribution in [0.2, 0.25) is 0 Å². The third kappa shape index (κ3) is 4.58. The average molecular weight is 459 g/mol. The number of hydrogen-bond donors (Lipinski definition) is 1. The molecule has 0 saturated heterocycles. The molecule has 0 fully saturated rings. The second kappa shape index (κ2) is 9.59. The van der Waals surface area contributed by atoms with Gasteiger partial charge in [0.25, 0.3) is 5.91 Å². The van der Waals surface area contributed by atoms with Gasteiger partial charge in [-0.25, -0.2) is 0 Å². The number of allylic oxidation sites excluding steroid dienone is 1. The van der Waals surface area contributed by atoms with Gasteiger partial charge in [-0.2, -0.15) is 0 Å². The summed E-state index contributed by atoms with van der Waals surface area (Å²) < 4.78 is 6.78. The summed E-state index contributed by atoms with van der Waals surface area (Å²) in [5.41, 5.74) is 3.98. The van der Waals surface area contributed by atoms with E-state index in [0.29, 0.717) is 26.1 Å². The Bertz CT molecular complexity index is 1110. The molecule has 2 aromatic rings. The normalized spacial score (nSPS) is 20.0. The Morgan fingerprint density at radius 2 is 1.79 bits per heavy atom. The van der Waals surface area contributed by atoms with Gasteiger partial charge in [0.2, 0.25) is 5.91 Å². The first-order chi connectivity index (χ1) is 16.2. The fraction of sp³-hybridized carbons (Fsp3) is 0.379. The van der Waals surface area contributed by atoms with Crippen LogP contribution in [0.5, 0.6) is 0 Å². The van der Waals surface area contributed by atoms with Crippen molar-refractivity contribution >= 4 is 11.8 Å². The van der Waals surface area contributed by atoms with Crippen LogP contribution in [0, 0.1) is 0 Å². The van der Waals surface area contributed by atoms with Crippen molar-refractivity contribution in [2.75, 3.05) is 13.1 Å². The van der Waals surface area contributed by atoms with E-state index in [9.17, 15) is 9.59 Å². The third-order valence-electron chi connectivity index (χ3n) is 6.56. The minimum absolute atomic E-state index is 0.0170. The van der Waals surface area contributed by atoms with Gasteiger partial charge in [-0.05, 0) is 29.4 Å². The lowest BCUT2D eigenvalue weighted by Gasteiger charge is -2.40.